The number of H-pyrrole nitrogens is 1. The molecule has 1 fully saturated rings. The highest BCUT2D eigenvalue weighted by Gasteiger charge is 2.27. The van der Waals surface area contributed by atoms with Crippen LogP contribution in [-0.2, 0) is 9.53 Å². The normalized spacial score (nSPS) is 16.0. The highest BCUT2D eigenvalue weighted by molar-refractivity contribution is 6.08. The third-order valence-electron chi connectivity index (χ3n) is 4.68. The molecule has 0 bridgehead atoms. The van der Waals surface area contributed by atoms with Crippen molar-refractivity contribution >= 4 is 33.7 Å². The van der Waals surface area contributed by atoms with Gasteiger partial charge in [0.1, 0.15) is 17.4 Å². The van der Waals surface area contributed by atoms with Crippen LogP contribution in [0.1, 0.15) is 19.8 Å². The van der Waals surface area contributed by atoms with Crippen LogP contribution < -0.4 is 4.90 Å². The van der Waals surface area contributed by atoms with E-state index in [0.29, 0.717) is 6.61 Å². The fourth-order valence-electron chi connectivity index (χ4n) is 3.46. The number of nitrogens with one attached hydrogen (secondary N) is 1. The molecule has 0 saturated carbocycles. The fourth-order valence-corrected chi connectivity index (χ4v) is 3.46. The molecule has 0 aliphatic carbocycles. The van der Waals surface area contributed by atoms with E-state index in [4.69, 9.17) is 4.74 Å². The summed E-state index contributed by atoms with van der Waals surface area (Å²) in [6.07, 6.45) is 3.21. The van der Waals surface area contributed by atoms with Crippen molar-refractivity contribution in [2.75, 3.05) is 24.6 Å². The number of carbonyl (C=O) groups excluding carboxylic acids is 1. The molecule has 1 aliphatic rings. The van der Waals surface area contributed by atoms with Crippen LogP contribution in [0.2, 0.25) is 0 Å². The van der Waals surface area contributed by atoms with E-state index >= 15 is 0 Å². The smallest absolute Gasteiger partial charge is 0.309 e. The quantitative estimate of drug-likeness (QED) is 0.750. The lowest BCUT2D eigenvalue weighted by atomic mass is 9.97. The van der Waals surface area contributed by atoms with Crippen molar-refractivity contribution in [3.63, 3.8) is 0 Å². The molecule has 0 amide bonds. The number of aromatic amines is 1. The van der Waals surface area contributed by atoms with E-state index in [-0.39, 0.29) is 11.9 Å². The standard InChI is InChI=1S/C18H20N4O2/c1-2-24-18(23)12-7-9-22(10-8-12)17-16-15(19-11-20-17)13-5-3-4-6-14(13)21-16/h3-6,11-12,21H,2,7-10H2,1H3. The number of anilines is 1. The van der Waals surface area contributed by atoms with Gasteiger partial charge in [-0.25, -0.2) is 9.97 Å². The van der Waals surface area contributed by atoms with Crippen molar-refractivity contribution in [3.8, 4) is 0 Å². The van der Waals surface area contributed by atoms with Gasteiger partial charge < -0.3 is 14.6 Å². The second-order valence-corrected chi connectivity index (χ2v) is 6.10. The van der Waals surface area contributed by atoms with E-state index in [2.05, 4.69) is 25.9 Å². The largest absolute Gasteiger partial charge is 0.466 e. The second kappa shape index (κ2) is 6.11. The zero-order chi connectivity index (χ0) is 16.5. The van der Waals surface area contributed by atoms with Crippen LogP contribution in [0.25, 0.3) is 21.9 Å². The van der Waals surface area contributed by atoms with Crippen molar-refractivity contribution in [1.82, 2.24) is 15.0 Å². The Morgan fingerprint density at radius 2 is 2.08 bits per heavy atom. The number of carbonyl (C=O) groups is 1. The van der Waals surface area contributed by atoms with E-state index in [1.54, 1.807) is 6.33 Å². The van der Waals surface area contributed by atoms with E-state index in [1.807, 2.05) is 25.1 Å². The van der Waals surface area contributed by atoms with Crippen LogP contribution in [0.4, 0.5) is 5.82 Å². The Hall–Kier alpha value is -2.63. The first kappa shape index (κ1) is 14.9. The van der Waals surface area contributed by atoms with E-state index in [1.165, 1.54) is 0 Å². The Bertz CT molecular complexity index is 881. The predicted molar refractivity (Wildman–Crippen MR) is 93.0 cm³/mol. The molecule has 6 nitrogen and oxygen atoms in total. The van der Waals surface area contributed by atoms with Gasteiger partial charge in [-0.1, -0.05) is 18.2 Å². The number of para-hydroxylation sites is 1. The number of benzene rings is 1. The van der Waals surface area contributed by atoms with Gasteiger partial charge in [0, 0.05) is 24.0 Å². The van der Waals surface area contributed by atoms with Gasteiger partial charge >= 0.3 is 5.97 Å². The summed E-state index contributed by atoms with van der Waals surface area (Å²) in [5.74, 6) is 0.843. The van der Waals surface area contributed by atoms with Crippen LogP contribution in [-0.4, -0.2) is 40.6 Å². The van der Waals surface area contributed by atoms with Crippen molar-refractivity contribution in [1.29, 1.82) is 0 Å². The summed E-state index contributed by atoms with van der Waals surface area (Å²) in [4.78, 5) is 26.5. The Labute approximate surface area is 139 Å². The number of ether oxygens (including phenoxy) is 1. The molecule has 1 N–H and O–H groups in total. The Morgan fingerprint density at radius 1 is 1.29 bits per heavy atom. The molecule has 0 atom stereocenters. The molecule has 0 unspecified atom stereocenters. The molecule has 1 saturated heterocycles. The Morgan fingerprint density at radius 3 is 2.88 bits per heavy atom. The number of esters is 1. The minimum Gasteiger partial charge on any atom is -0.466 e. The Balaban J connectivity index is 1.62. The molecular weight excluding hydrogens is 304 g/mol. The SMILES string of the molecule is CCOC(=O)C1CCN(c2ncnc3c2[nH]c2ccccc23)CC1. The average molecular weight is 324 g/mol. The molecule has 0 spiro atoms. The highest BCUT2D eigenvalue weighted by atomic mass is 16.5. The first-order chi connectivity index (χ1) is 11.8. The predicted octanol–water partition coefficient (Wildman–Crippen LogP) is 2.89. The number of piperidine rings is 1. The molecular formula is C18H20N4O2. The molecule has 0 radical (unpaired) electrons. The average Bonchev–Trinajstić information content (AvgIpc) is 3.01. The monoisotopic (exact) mass is 324 g/mol. The molecule has 2 aromatic heterocycles. The van der Waals surface area contributed by atoms with Crippen molar-refractivity contribution < 1.29 is 9.53 Å². The lowest BCUT2D eigenvalue weighted by Gasteiger charge is -2.31. The van der Waals surface area contributed by atoms with Gasteiger partial charge in [0.15, 0.2) is 5.82 Å². The van der Waals surface area contributed by atoms with Crippen molar-refractivity contribution in [2.24, 2.45) is 5.92 Å². The summed E-state index contributed by atoms with van der Waals surface area (Å²) in [7, 11) is 0. The van der Waals surface area contributed by atoms with Crippen LogP contribution in [0, 0.1) is 5.92 Å². The molecule has 4 rings (SSSR count). The van der Waals surface area contributed by atoms with Gasteiger partial charge in [0.25, 0.3) is 0 Å². The second-order valence-electron chi connectivity index (χ2n) is 6.10. The topological polar surface area (TPSA) is 71.1 Å². The van der Waals surface area contributed by atoms with E-state index < -0.39 is 0 Å². The number of aromatic nitrogens is 3. The molecule has 124 valence electrons. The molecule has 3 heterocycles. The van der Waals surface area contributed by atoms with Crippen molar-refractivity contribution in [2.45, 2.75) is 19.8 Å². The summed E-state index contributed by atoms with van der Waals surface area (Å²) in [5, 5.41) is 1.11. The zero-order valence-electron chi connectivity index (χ0n) is 13.7. The summed E-state index contributed by atoms with van der Waals surface area (Å²) >= 11 is 0. The molecule has 1 aromatic carbocycles. The van der Waals surface area contributed by atoms with Gasteiger partial charge in [0.2, 0.25) is 0 Å². The number of fused-ring (bicyclic) bond motifs is 3. The van der Waals surface area contributed by atoms with Gasteiger partial charge in [-0.15, -0.1) is 0 Å². The fraction of sp³-hybridized carbons (Fsp3) is 0.389. The first-order valence-corrected chi connectivity index (χ1v) is 8.41. The number of rotatable bonds is 3. The zero-order valence-corrected chi connectivity index (χ0v) is 13.7. The Kier molecular flexibility index (Phi) is 3.80. The molecule has 1 aliphatic heterocycles. The minimum absolute atomic E-state index is 0.00115. The van der Waals surface area contributed by atoms with Crippen LogP contribution in [0.5, 0.6) is 0 Å². The van der Waals surface area contributed by atoms with Gasteiger partial charge in [0.05, 0.1) is 12.5 Å². The van der Waals surface area contributed by atoms with Crippen LogP contribution >= 0.6 is 0 Å². The van der Waals surface area contributed by atoms with E-state index in [0.717, 1.165) is 53.7 Å². The van der Waals surface area contributed by atoms with Crippen LogP contribution in [0.3, 0.4) is 0 Å². The number of hydrogen-bond acceptors (Lipinski definition) is 5. The lowest BCUT2D eigenvalue weighted by molar-refractivity contribution is -0.148. The third kappa shape index (κ3) is 2.48. The highest BCUT2D eigenvalue weighted by Crippen LogP contribution is 2.31. The van der Waals surface area contributed by atoms with E-state index in [9.17, 15) is 4.79 Å². The van der Waals surface area contributed by atoms with Crippen molar-refractivity contribution in [3.05, 3.63) is 30.6 Å². The summed E-state index contributed by atoms with van der Waals surface area (Å²) < 4.78 is 5.14. The lowest BCUT2D eigenvalue weighted by Crippen LogP contribution is -2.37. The molecule has 3 aromatic rings. The minimum atomic E-state index is -0.0735. The summed E-state index contributed by atoms with van der Waals surface area (Å²) in [6.45, 7) is 3.89. The van der Waals surface area contributed by atoms with Gasteiger partial charge in [-0.3, -0.25) is 4.79 Å². The summed E-state index contributed by atoms with van der Waals surface area (Å²) in [5.41, 5.74) is 2.98. The number of hydrogen-bond donors (Lipinski definition) is 1. The third-order valence-corrected chi connectivity index (χ3v) is 4.68. The maximum atomic E-state index is 11.9. The number of nitrogens with zero attached hydrogens (tertiary/aromatic N) is 3. The molecule has 24 heavy (non-hydrogen) atoms. The summed E-state index contributed by atoms with van der Waals surface area (Å²) in [6, 6.07) is 8.14. The molecule has 6 heteroatoms. The maximum absolute atomic E-state index is 11.9. The maximum Gasteiger partial charge on any atom is 0.309 e. The van der Waals surface area contributed by atoms with Gasteiger partial charge in [-0.2, -0.15) is 0 Å². The first-order valence-electron chi connectivity index (χ1n) is 8.41. The van der Waals surface area contributed by atoms with Crippen LogP contribution in [0.15, 0.2) is 30.6 Å². The van der Waals surface area contributed by atoms with Gasteiger partial charge in [-0.05, 0) is 25.8 Å².